The topological polar surface area (TPSA) is 79.6 Å². The molecule has 20 heavy (non-hydrogen) atoms. The number of rotatable bonds is 3. The van der Waals surface area contributed by atoms with Crippen LogP contribution < -0.4 is 11.1 Å². The molecule has 5 heteroatoms. The lowest BCUT2D eigenvalue weighted by atomic mass is 10.1. The van der Waals surface area contributed by atoms with E-state index < -0.39 is 0 Å². The van der Waals surface area contributed by atoms with Crippen LogP contribution in [0.5, 0.6) is 0 Å². The highest BCUT2D eigenvalue weighted by molar-refractivity contribution is 5.93. The van der Waals surface area contributed by atoms with E-state index in [4.69, 9.17) is 5.73 Å². The minimum Gasteiger partial charge on any atom is -0.399 e. The van der Waals surface area contributed by atoms with Gasteiger partial charge >= 0.3 is 0 Å². The number of hydrogen-bond donors (Lipinski definition) is 3. The predicted molar refractivity (Wildman–Crippen MR) is 81.5 cm³/mol. The molecular formula is C15H17N5. The molecule has 0 saturated heterocycles. The van der Waals surface area contributed by atoms with Gasteiger partial charge in [0.25, 0.3) is 0 Å². The lowest BCUT2D eigenvalue weighted by molar-refractivity contribution is 0.887. The molecule has 0 aliphatic heterocycles. The molecule has 0 spiro atoms. The summed E-state index contributed by atoms with van der Waals surface area (Å²) in [6, 6.07) is 7.97. The van der Waals surface area contributed by atoms with Crippen molar-refractivity contribution < 1.29 is 0 Å². The van der Waals surface area contributed by atoms with E-state index in [9.17, 15) is 0 Å². The second-order valence-corrected chi connectivity index (χ2v) is 4.99. The molecule has 1 atom stereocenters. The van der Waals surface area contributed by atoms with Gasteiger partial charge in [0.1, 0.15) is 0 Å². The third-order valence-electron chi connectivity index (χ3n) is 3.35. The van der Waals surface area contributed by atoms with E-state index in [2.05, 4.69) is 27.4 Å². The van der Waals surface area contributed by atoms with Gasteiger partial charge in [-0.2, -0.15) is 5.10 Å². The molecule has 0 fully saturated rings. The molecule has 4 N–H and O–H groups in total. The average Bonchev–Trinajstić information content (AvgIpc) is 2.93. The van der Waals surface area contributed by atoms with Gasteiger partial charge in [-0.25, -0.2) is 0 Å². The highest BCUT2D eigenvalue weighted by Crippen LogP contribution is 2.28. The quantitative estimate of drug-likeness (QED) is 0.637. The second-order valence-electron chi connectivity index (χ2n) is 4.99. The molecular weight excluding hydrogens is 250 g/mol. The number of nitrogens with one attached hydrogen (secondary N) is 2. The van der Waals surface area contributed by atoms with Gasteiger partial charge in [-0.1, -0.05) is 0 Å². The lowest BCUT2D eigenvalue weighted by Crippen LogP contribution is -2.07. The zero-order chi connectivity index (χ0) is 14.1. The van der Waals surface area contributed by atoms with Crippen molar-refractivity contribution in [2.75, 3.05) is 11.1 Å². The second kappa shape index (κ2) is 4.85. The van der Waals surface area contributed by atoms with Crippen LogP contribution in [0.1, 0.15) is 24.2 Å². The Morgan fingerprint density at radius 3 is 2.90 bits per heavy atom. The van der Waals surface area contributed by atoms with Crippen molar-refractivity contribution in [2.45, 2.75) is 19.9 Å². The van der Waals surface area contributed by atoms with E-state index >= 15 is 0 Å². The Labute approximate surface area is 117 Å². The number of nitrogens with zero attached hydrogens (tertiary/aromatic N) is 2. The van der Waals surface area contributed by atoms with Crippen LogP contribution in [-0.2, 0) is 0 Å². The average molecular weight is 267 g/mol. The van der Waals surface area contributed by atoms with Gasteiger partial charge in [-0.3, -0.25) is 10.1 Å². The minimum absolute atomic E-state index is 0.153. The van der Waals surface area contributed by atoms with Gasteiger partial charge in [-0.05, 0) is 38.1 Å². The van der Waals surface area contributed by atoms with Crippen LogP contribution in [0.15, 0.2) is 36.7 Å². The zero-order valence-corrected chi connectivity index (χ0v) is 11.5. The van der Waals surface area contributed by atoms with Crippen molar-refractivity contribution >= 4 is 22.3 Å². The third-order valence-corrected chi connectivity index (χ3v) is 3.35. The Bertz CT molecular complexity index is 733. The summed E-state index contributed by atoms with van der Waals surface area (Å²) in [5, 5.41) is 11.3. The molecule has 0 bridgehead atoms. The number of hydrogen-bond acceptors (Lipinski definition) is 4. The monoisotopic (exact) mass is 267 g/mol. The number of nitrogens with two attached hydrogens (primary N) is 1. The smallest absolute Gasteiger partial charge is 0.0727 e. The maximum atomic E-state index is 5.89. The highest BCUT2D eigenvalue weighted by atomic mass is 15.1. The van der Waals surface area contributed by atoms with Gasteiger partial charge in [0.2, 0.25) is 0 Å². The first-order valence-electron chi connectivity index (χ1n) is 6.55. The summed E-state index contributed by atoms with van der Waals surface area (Å²) in [5.41, 5.74) is 10.7. The van der Waals surface area contributed by atoms with Crippen molar-refractivity contribution in [3.8, 4) is 0 Å². The number of H-pyrrole nitrogens is 1. The Hall–Kier alpha value is -2.56. The molecule has 1 aromatic carbocycles. The Morgan fingerprint density at radius 2 is 2.15 bits per heavy atom. The molecule has 102 valence electrons. The number of pyridine rings is 1. The van der Waals surface area contributed by atoms with Crippen molar-refractivity contribution in [3.63, 3.8) is 0 Å². The van der Waals surface area contributed by atoms with E-state index in [1.807, 2.05) is 43.6 Å². The number of aromatic nitrogens is 3. The summed E-state index contributed by atoms with van der Waals surface area (Å²) in [6.45, 7) is 4.09. The van der Waals surface area contributed by atoms with Gasteiger partial charge < -0.3 is 11.1 Å². The van der Waals surface area contributed by atoms with Crippen LogP contribution in [0.2, 0.25) is 0 Å². The lowest BCUT2D eigenvalue weighted by Gasteiger charge is -2.16. The molecule has 3 aromatic rings. The Kier molecular flexibility index (Phi) is 3.02. The van der Waals surface area contributed by atoms with Crippen LogP contribution in [0, 0.1) is 6.92 Å². The van der Waals surface area contributed by atoms with Gasteiger partial charge in [0, 0.05) is 34.2 Å². The fourth-order valence-corrected chi connectivity index (χ4v) is 2.31. The summed E-state index contributed by atoms with van der Waals surface area (Å²) in [6.07, 6.45) is 3.71. The molecule has 0 amide bonds. The first-order chi connectivity index (χ1) is 9.63. The maximum Gasteiger partial charge on any atom is 0.0727 e. The summed E-state index contributed by atoms with van der Waals surface area (Å²) >= 11 is 0. The number of nitrogen functional groups attached to an aromatic ring is 1. The third kappa shape index (κ3) is 2.30. The van der Waals surface area contributed by atoms with Crippen LogP contribution >= 0.6 is 0 Å². The van der Waals surface area contributed by atoms with Crippen molar-refractivity contribution in [1.29, 1.82) is 0 Å². The molecule has 0 saturated carbocycles. The van der Waals surface area contributed by atoms with Crippen LogP contribution in [-0.4, -0.2) is 15.2 Å². The maximum absolute atomic E-state index is 5.89. The van der Waals surface area contributed by atoms with E-state index in [1.165, 1.54) is 0 Å². The summed E-state index contributed by atoms with van der Waals surface area (Å²) in [5.74, 6) is 0. The SMILES string of the molecule is Cc1cc(NC(C)c2cn[nH]c2)c2cc(N)ccc2n1. The van der Waals surface area contributed by atoms with Crippen LogP contribution in [0.4, 0.5) is 11.4 Å². The summed E-state index contributed by atoms with van der Waals surface area (Å²) in [7, 11) is 0. The molecule has 2 heterocycles. The number of anilines is 2. The van der Waals surface area contributed by atoms with Crippen molar-refractivity contribution in [3.05, 3.63) is 47.9 Å². The fourth-order valence-electron chi connectivity index (χ4n) is 2.31. The predicted octanol–water partition coefficient (Wildman–Crippen LogP) is 3.02. The largest absolute Gasteiger partial charge is 0.399 e. The minimum atomic E-state index is 0.153. The highest BCUT2D eigenvalue weighted by Gasteiger charge is 2.10. The summed E-state index contributed by atoms with van der Waals surface area (Å²) < 4.78 is 0. The van der Waals surface area contributed by atoms with Gasteiger partial charge in [-0.15, -0.1) is 0 Å². The molecule has 5 nitrogen and oxygen atoms in total. The molecule has 2 aromatic heterocycles. The normalized spacial score (nSPS) is 12.5. The number of aromatic amines is 1. The Morgan fingerprint density at radius 1 is 1.30 bits per heavy atom. The standard InChI is InChI=1S/C15H17N5/c1-9-5-15(20-10(2)11-7-17-18-8-11)13-6-12(16)3-4-14(13)19-9/h3-8,10H,16H2,1-2H3,(H,17,18)(H,19,20). The number of aryl methyl sites for hydroxylation is 1. The van der Waals surface area contributed by atoms with Crippen LogP contribution in [0.25, 0.3) is 10.9 Å². The van der Waals surface area contributed by atoms with Gasteiger partial charge in [0.15, 0.2) is 0 Å². The Balaban J connectivity index is 2.04. The molecule has 1 unspecified atom stereocenters. The fraction of sp³-hybridized carbons (Fsp3) is 0.200. The van der Waals surface area contributed by atoms with Crippen molar-refractivity contribution in [1.82, 2.24) is 15.2 Å². The van der Waals surface area contributed by atoms with Gasteiger partial charge in [0.05, 0.1) is 17.8 Å². The van der Waals surface area contributed by atoms with E-state index in [1.54, 1.807) is 0 Å². The zero-order valence-electron chi connectivity index (χ0n) is 11.5. The summed E-state index contributed by atoms with van der Waals surface area (Å²) in [4.78, 5) is 4.53. The molecule has 0 aliphatic carbocycles. The van der Waals surface area contributed by atoms with E-state index in [-0.39, 0.29) is 6.04 Å². The number of fused-ring (bicyclic) bond motifs is 1. The first-order valence-corrected chi connectivity index (χ1v) is 6.55. The van der Waals surface area contributed by atoms with E-state index in [0.29, 0.717) is 0 Å². The molecule has 3 rings (SSSR count). The van der Waals surface area contributed by atoms with Crippen LogP contribution in [0.3, 0.4) is 0 Å². The molecule has 0 radical (unpaired) electrons. The van der Waals surface area contributed by atoms with Crippen molar-refractivity contribution in [2.24, 2.45) is 0 Å². The van der Waals surface area contributed by atoms with E-state index in [0.717, 1.165) is 33.5 Å². The molecule has 0 aliphatic rings. The number of benzene rings is 1. The first kappa shape index (κ1) is 12.5.